The van der Waals surface area contributed by atoms with Crippen LogP contribution in [0.5, 0.6) is 0 Å². The van der Waals surface area contributed by atoms with Gasteiger partial charge >= 0.3 is 0 Å². The Hall–Kier alpha value is -0.500. The second-order valence-electron chi connectivity index (χ2n) is 3.05. The Kier molecular flexibility index (Phi) is 2.55. The van der Waals surface area contributed by atoms with Gasteiger partial charge in [0, 0.05) is 4.88 Å². The number of hydrogen-bond donors (Lipinski definition) is 1. The van der Waals surface area contributed by atoms with Gasteiger partial charge in [-0.1, -0.05) is 20.8 Å². The van der Waals surface area contributed by atoms with Crippen LogP contribution in [0.25, 0.3) is 0 Å². The van der Waals surface area contributed by atoms with E-state index in [-0.39, 0.29) is 0 Å². The van der Waals surface area contributed by atoms with Crippen LogP contribution in [0.1, 0.15) is 37.1 Å². The maximum absolute atomic E-state index is 5.81. The Balaban J connectivity index is 2.95. The second-order valence-corrected chi connectivity index (χ2v) is 4.16. The van der Waals surface area contributed by atoms with Crippen LogP contribution >= 0.6 is 11.3 Å². The number of nitrogen functional groups attached to an aromatic ring is 1. The Bertz CT molecular complexity index is 238. The molecule has 0 saturated heterocycles. The van der Waals surface area contributed by atoms with Gasteiger partial charge in [0.05, 0.1) is 5.00 Å². The summed E-state index contributed by atoms with van der Waals surface area (Å²) in [6.45, 7) is 6.54. The van der Waals surface area contributed by atoms with E-state index in [1.165, 1.54) is 10.4 Å². The summed E-state index contributed by atoms with van der Waals surface area (Å²) in [5, 5.41) is 0.996. The fourth-order valence-electron chi connectivity index (χ4n) is 1.03. The smallest absolute Gasteiger partial charge is 0.0891 e. The number of anilines is 1. The van der Waals surface area contributed by atoms with Crippen molar-refractivity contribution in [2.75, 3.05) is 5.73 Å². The lowest BCUT2D eigenvalue weighted by atomic mass is 10.1. The third-order valence-corrected chi connectivity index (χ3v) is 3.12. The summed E-state index contributed by atoms with van der Waals surface area (Å²) in [7, 11) is 0. The van der Waals surface area contributed by atoms with E-state index >= 15 is 0 Å². The summed E-state index contributed by atoms with van der Waals surface area (Å²) >= 11 is 1.72. The second kappa shape index (κ2) is 3.26. The van der Waals surface area contributed by atoms with E-state index < -0.39 is 0 Å². The van der Waals surface area contributed by atoms with Gasteiger partial charge < -0.3 is 5.73 Å². The molecule has 0 amide bonds. The van der Waals surface area contributed by atoms with E-state index in [1.54, 1.807) is 11.3 Å². The van der Waals surface area contributed by atoms with Crippen LogP contribution in [0.2, 0.25) is 0 Å². The summed E-state index contributed by atoms with van der Waals surface area (Å²) in [6.07, 6.45) is 1.05. The quantitative estimate of drug-likeness (QED) is 0.723. The number of rotatable bonds is 2. The highest BCUT2D eigenvalue weighted by Crippen LogP contribution is 2.30. The summed E-state index contributed by atoms with van der Waals surface area (Å²) in [6, 6.07) is 2.23. The van der Waals surface area contributed by atoms with Gasteiger partial charge in [-0.3, -0.25) is 0 Å². The van der Waals surface area contributed by atoms with Gasteiger partial charge in [-0.25, -0.2) is 0 Å². The van der Waals surface area contributed by atoms with Crippen molar-refractivity contribution in [1.82, 2.24) is 0 Å². The molecule has 1 rings (SSSR count). The van der Waals surface area contributed by atoms with Crippen LogP contribution in [0.3, 0.4) is 0 Å². The molecule has 0 unspecified atom stereocenters. The minimum atomic E-state index is 0.614. The minimum absolute atomic E-state index is 0.614. The third kappa shape index (κ3) is 1.74. The number of nitrogens with two attached hydrogens (primary N) is 1. The third-order valence-electron chi connectivity index (χ3n) is 1.81. The van der Waals surface area contributed by atoms with Gasteiger partial charge in [-0.05, 0) is 24.0 Å². The lowest BCUT2D eigenvalue weighted by molar-refractivity contribution is 0.887. The number of hydrogen-bond acceptors (Lipinski definition) is 2. The SMILES string of the molecule is CCc1cc(C(C)C)sc1N. The molecule has 0 bridgehead atoms. The lowest BCUT2D eigenvalue weighted by Gasteiger charge is -1.96. The van der Waals surface area contributed by atoms with Crippen LogP contribution < -0.4 is 5.73 Å². The minimum Gasteiger partial charge on any atom is -0.390 e. The summed E-state index contributed by atoms with van der Waals surface area (Å²) in [4.78, 5) is 1.40. The van der Waals surface area contributed by atoms with Crippen LogP contribution in [-0.2, 0) is 6.42 Å². The van der Waals surface area contributed by atoms with Gasteiger partial charge in [0.1, 0.15) is 0 Å². The molecule has 1 heterocycles. The molecule has 0 aliphatic carbocycles. The van der Waals surface area contributed by atoms with Gasteiger partial charge in [-0.15, -0.1) is 11.3 Å². The van der Waals surface area contributed by atoms with Crippen molar-refractivity contribution in [3.05, 3.63) is 16.5 Å². The maximum Gasteiger partial charge on any atom is 0.0891 e. The lowest BCUT2D eigenvalue weighted by Crippen LogP contribution is -1.84. The molecule has 1 aromatic heterocycles. The van der Waals surface area contributed by atoms with Crippen molar-refractivity contribution in [3.63, 3.8) is 0 Å². The van der Waals surface area contributed by atoms with Crippen LogP contribution in [0.4, 0.5) is 5.00 Å². The van der Waals surface area contributed by atoms with Crippen LogP contribution in [-0.4, -0.2) is 0 Å². The van der Waals surface area contributed by atoms with Gasteiger partial charge in [0.15, 0.2) is 0 Å². The van der Waals surface area contributed by atoms with Crippen molar-refractivity contribution in [1.29, 1.82) is 0 Å². The molecule has 0 aliphatic rings. The molecule has 0 aromatic carbocycles. The van der Waals surface area contributed by atoms with Crippen molar-refractivity contribution < 1.29 is 0 Å². The molecule has 11 heavy (non-hydrogen) atoms. The number of thiophene rings is 1. The Morgan fingerprint density at radius 2 is 2.18 bits per heavy atom. The molecule has 2 N–H and O–H groups in total. The molecule has 1 aromatic rings. The van der Waals surface area contributed by atoms with Gasteiger partial charge in [0.2, 0.25) is 0 Å². The molecular formula is C9H15NS. The maximum atomic E-state index is 5.81. The Morgan fingerprint density at radius 3 is 2.45 bits per heavy atom. The molecule has 0 radical (unpaired) electrons. The molecule has 62 valence electrons. The van der Waals surface area contributed by atoms with E-state index in [0.29, 0.717) is 5.92 Å². The van der Waals surface area contributed by atoms with Gasteiger partial charge in [0.25, 0.3) is 0 Å². The highest BCUT2D eigenvalue weighted by atomic mass is 32.1. The van der Waals surface area contributed by atoms with Crippen molar-refractivity contribution in [3.8, 4) is 0 Å². The first-order valence-electron chi connectivity index (χ1n) is 4.03. The molecule has 1 nitrogen and oxygen atoms in total. The molecule has 0 aliphatic heterocycles. The predicted octanol–water partition coefficient (Wildman–Crippen LogP) is 3.02. The average molecular weight is 169 g/mol. The topological polar surface area (TPSA) is 26.0 Å². The fourth-order valence-corrected chi connectivity index (χ4v) is 2.05. The Morgan fingerprint density at radius 1 is 1.55 bits per heavy atom. The molecule has 0 spiro atoms. The van der Waals surface area contributed by atoms with E-state index in [1.807, 2.05) is 0 Å². The largest absolute Gasteiger partial charge is 0.390 e. The van der Waals surface area contributed by atoms with E-state index in [4.69, 9.17) is 5.73 Å². The van der Waals surface area contributed by atoms with Crippen molar-refractivity contribution in [2.24, 2.45) is 0 Å². The standard InChI is InChI=1S/C9H15NS/c1-4-7-5-8(6(2)3)11-9(7)10/h5-6H,4,10H2,1-3H3. The molecule has 0 fully saturated rings. The monoisotopic (exact) mass is 169 g/mol. The molecule has 0 saturated carbocycles. The van der Waals surface area contributed by atoms with E-state index in [2.05, 4.69) is 26.8 Å². The first-order chi connectivity index (χ1) is 5.15. The zero-order valence-corrected chi connectivity index (χ0v) is 8.16. The van der Waals surface area contributed by atoms with Crippen LogP contribution in [0.15, 0.2) is 6.07 Å². The first-order valence-corrected chi connectivity index (χ1v) is 4.84. The molecular weight excluding hydrogens is 154 g/mol. The summed E-state index contributed by atoms with van der Waals surface area (Å²) in [5.74, 6) is 0.614. The van der Waals surface area contributed by atoms with Crippen LogP contribution in [0, 0.1) is 0 Å². The molecule has 2 heteroatoms. The van der Waals surface area contributed by atoms with E-state index in [0.717, 1.165) is 11.4 Å². The highest BCUT2D eigenvalue weighted by molar-refractivity contribution is 7.16. The van der Waals surface area contributed by atoms with Gasteiger partial charge in [-0.2, -0.15) is 0 Å². The zero-order chi connectivity index (χ0) is 8.43. The number of aryl methyl sites for hydroxylation is 1. The van der Waals surface area contributed by atoms with Crippen molar-refractivity contribution in [2.45, 2.75) is 33.1 Å². The first kappa shape index (κ1) is 8.60. The highest BCUT2D eigenvalue weighted by Gasteiger charge is 2.06. The molecule has 0 atom stereocenters. The summed E-state index contributed by atoms with van der Waals surface area (Å²) < 4.78 is 0. The van der Waals surface area contributed by atoms with Crippen molar-refractivity contribution >= 4 is 16.3 Å². The zero-order valence-electron chi connectivity index (χ0n) is 7.35. The predicted molar refractivity (Wildman–Crippen MR) is 52.2 cm³/mol. The summed E-state index contributed by atoms with van der Waals surface area (Å²) in [5.41, 5.74) is 7.11. The Labute approximate surface area is 72.2 Å². The van der Waals surface area contributed by atoms with E-state index in [9.17, 15) is 0 Å². The average Bonchev–Trinajstić information content (AvgIpc) is 2.31. The normalized spacial score (nSPS) is 10.9. The fraction of sp³-hybridized carbons (Fsp3) is 0.556.